The van der Waals surface area contributed by atoms with Crippen LogP contribution in [0.1, 0.15) is 25.5 Å². The molecule has 0 spiro atoms. The van der Waals surface area contributed by atoms with Crippen LogP contribution in [0.5, 0.6) is 0 Å². The van der Waals surface area contributed by atoms with Gasteiger partial charge < -0.3 is 10.3 Å². The minimum atomic E-state index is -0.195. The number of aromatic amines is 1. The maximum Gasteiger partial charge on any atom is 0.132 e. The molecule has 1 aromatic carbocycles. The molecule has 3 heteroatoms. The molecule has 0 amide bonds. The Balaban J connectivity index is 2.36. The zero-order chi connectivity index (χ0) is 12.3. The Morgan fingerprint density at radius 1 is 1.35 bits per heavy atom. The van der Waals surface area contributed by atoms with E-state index in [0.29, 0.717) is 5.56 Å². The monoisotopic (exact) mass is 232 g/mol. The number of rotatable bonds is 4. The second-order valence-electron chi connectivity index (χ2n) is 4.10. The Bertz CT molecular complexity index is 477. The molecule has 0 radical (unpaired) electrons. The fourth-order valence-corrected chi connectivity index (χ4v) is 1.94. The molecule has 2 nitrogen and oxygen atoms in total. The van der Waals surface area contributed by atoms with E-state index >= 15 is 0 Å². The number of benzene rings is 1. The number of H-pyrrole nitrogens is 1. The van der Waals surface area contributed by atoms with Crippen molar-refractivity contribution in [1.29, 1.82) is 0 Å². The predicted molar refractivity (Wildman–Crippen MR) is 68.3 cm³/mol. The summed E-state index contributed by atoms with van der Waals surface area (Å²) in [6.45, 7) is 5.04. The molecule has 2 rings (SSSR count). The van der Waals surface area contributed by atoms with Crippen molar-refractivity contribution in [3.05, 3.63) is 47.9 Å². The highest BCUT2D eigenvalue weighted by atomic mass is 19.1. The van der Waals surface area contributed by atoms with E-state index in [4.69, 9.17) is 0 Å². The van der Waals surface area contributed by atoms with Gasteiger partial charge in [-0.1, -0.05) is 13.0 Å². The SMILES string of the molecule is CCNC(C)c1ccc(F)c(-c2ccc[nH]2)c1. The van der Waals surface area contributed by atoms with Crippen molar-refractivity contribution >= 4 is 0 Å². The average Bonchev–Trinajstić information content (AvgIpc) is 2.83. The highest BCUT2D eigenvalue weighted by molar-refractivity contribution is 5.61. The van der Waals surface area contributed by atoms with Crippen LogP contribution in [0.25, 0.3) is 11.3 Å². The molecular weight excluding hydrogens is 215 g/mol. The molecule has 0 aliphatic rings. The van der Waals surface area contributed by atoms with Gasteiger partial charge in [-0.15, -0.1) is 0 Å². The third-order valence-electron chi connectivity index (χ3n) is 2.89. The molecule has 0 saturated carbocycles. The van der Waals surface area contributed by atoms with E-state index in [9.17, 15) is 4.39 Å². The first-order valence-corrected chi connectivity index (χ1v) is 5.89. The van der Waals surface area contributed by atoms with Gasteiger partial charge in [-0.3, -0.25) is 0 Å². The van der Waals surface area contributed by atoms with Crippen molar-refractivity contribution in [2.75, 3.05) is 6.54 Å². The van der Waals surface area contributed by atoms with Gasteiger partial charge in [-0.25, -0.2) is 4.39 Å². The van der Waals surface area contributed by atoms with E-state index < -0.39 is 0 Å². The average molecular weight is 232 g/mol. The summed E-state index contributed by atoms with van der Waals surface area (Å²) in [5, 5.41) is 3.32. The fourth-order valence-electron chi connectivity index (χ4n) is 1.94. The number of hydrogen-bond donors (Lipinski definition) is 2. The van der Waals surface area contributed by atoms with Crippen LogP contribution < -0.4 is 5.32 Å². The Hall–Kier alpha value is -1.61. The molecule has 17 heavy (non-hydrogen) atoms. The lowest BCUT2D eigenvalue weighted by molar-refractivity contribution is 0.592. The highest BCUT2D eigenvalue weighted by Gasteiger charge is 2.10. The minimum absolute atomic E-state index is 0.195. The molecule has 0 aliphatic heterocycles. The van der Waals surface area contributed by atoms with E-state index in [0.717, 1.165) is 17.8 Å². The molecular formula is C14H17FN2. The first-order valence-electron chi connectivity index (χ1n) is 5.89. The molecule has 2 aromatic rings. The van der Waals surface area contributed by atoms with Gasteiger partial charge in [0.2, 0.25) is 0 Å². The molecule has 1 aromatic heterocycles. The Labute approximate surface area is 101 Å². The van der Waals surface area contributed by atoms with Crippen molar-refractivity contribution in [3.8, 4) is 11.3 Å². The van der Waals surface area contributed by atoms with Crippen LogP contribution >= 0.6 is 0 Å². The summed E-state index contributed by atoms with van der Waals surface area (Å²) >= 11 is 0. The third-order valence-corrected chi connectivity index (χ3v) is 2.89. The van der Waals surface area contributed by atoms with Gasteiger partial charge in [0.25, 0.3) is 0 Å². The van der Waals surface area contributed by atoms with Gasteiger partial charge in [0.05, 0.1) is 0 Å². The van der Waals surface area contributed by atoms with Gasteiger partial charge in [0.1, 0.15) is 5.82 Å². The van der Waals surface area contributed by atoms with Gasteiger partial charge in [0.15, 0.2) is 0 Å². The molecule has 0 bridgehead atoms. The maximum atomic E-state index is 13.7. The van der Waals surface area contributed by atoms with Gasteiger partial charge in [0, 0.05) is 23.5 Å². The molecule has 1 atom stereocenters. The summed E-state index contributed by atoms with van der Waals surface area (Å²) in [6.07, 6.45) is 1.80. The molecule has 90 valence electrons. The summed E-state index contributed by atoms with van der Waals surface area (Å²) in [5.74, 6) is -0.195. The van der Waals surface area contributed by atoms with Crippen molar-refractivity contribution in [3.63, 3.8) is 0 Å². The van der Waals surface area contributed by atoms with Gasteiger partial charge in [-0.2, -0.15) is 0 Å². The Kier molecular flexibility index (Phi) is 3.59. The number of hydrogen-bond acceptors (Lipinski definition) is 1. The number of nitrogens with one attached hydrogen (secondary N) is 2. The lowest BCUT2D eigenvalue weighted by atomic mass is 10.0. The summed E-state index contributed by atoms with van der Waals surface area (Å²) in [5.41, 5.74) is 2.53. The topological polar surface area (TPSA) is 27.8 Å². The van der Waals surface area contributed by atoms with Gasteiger partial charge in [-0.05, 0) is 43.3 Å². The first kappa shape index (κ1) is 11.9. The van der Waals surface area contributed by atoms with Crippen LogP contribution in [-0.2, 0) is 0 Å². The Morgan fingerprint density at radius 3 is 2.82 bits per heavy atom. The second-order valence-corrected chi connectivity index (χ2v) is 4.10. The lowest BCUT2D eigenvalue weighted by Gasteiger charge is -2.14. The van der Waals surface area contributed by atoms with Crippen molar-refractivity contribution in [2.45, 2.75) is 19.9 Å². The minimum Gasteiger partial charge on any atom is -0.361 e. The summed E-state index contributed by atoms with van der Waals surface area (Å²) in [6, 6.07) is 9.23. The van der Waals surface area contributed by atoms with Crippen LogP contribution in [0.15, 0.2) is 36.5 Å². The van der Waals surface area contributed by atoms with E-state index in [2.05, 4.69) is 24.1 Å². The van der Waals surface area contributed by atoms with E-state index in [-0.39, 0.29) is 11.9 Å². The third kappa shape index (κ3) is 2.56. The van der Waals surface area contributed by atoms with E-state index in [1.165, 1.54) is 6.07 Å². The normalized spacial score (nSPS) is 12.6. The van der Waals surface area contributed by atoms with Crippen LogP contribution in [0.3, 0.4) is 0 Å². The second kappa shape index (κ2) is 5.15. The predicted octanol–water partition coefficient (Wildman–Crippen LogP) is 3.49. The summed E-state index contributed by atoms with van der Waals surface area (Å²) in [4.78, 5) is 3.03. The summed E-state index contributed by atoms with van der Waals surface area (Å²) < 4.78 is 13.7. The summed E-state index contributed by atoms with van der Waals surface area (Å²) in [7, 11) is 0. The standard InChI is InChI=1S/C14H17FN2/c1-3-16-10(2)11-6-7-13(15)12(9-11)14-5-4-8-17-14/h4-10,16-17H,3H2,1-2H3. The van der Waals surface area contributed by atoms with Crippen LogP contribution in [-0.4, -0.2) is 11.5 Å². The molecule has 0 aliphatic carbocycles. The van der Waals surface area contributed by atoms with E-state index in [1.54, 1.807) is 6.20 Å². The fraction of sp³-hybridized carbons (Fsp3) is 0.286. The zero-order valence-electron chi connectivity index (χ0n) is 10.1. The van der Waals surface area contributed by atoms with E-state index in [1.807, 2.05) is 24.3 Å². The van der Waals surface area contributed by atoms with Crippen molar-refractivity contribution in [2.24, 2.45) is 0 Å². The van der Waals surface area contributed by atoms with Crippen LogP contribution in [0, 0.1) is 5.82 Å². The molecule has 2 N–H and O–H groups in total. The number of halogens is 1. The van der Waals surface area contributed by atoms with Gasteiger partial charge >= 0.3 is 0 Å². The quantitative estimate of drug-likeness (QED) is 0.829. The highest BCUT2D eigenvalue weighted by Crippen LogP contribution is 2.24. The molecule has 0 fully saturated rings. The van der Waals surface area contributed by atoms with Crippen LogP contribution in [0.4, 0.5) is 4.39 Å². The smallest absolute Gasteiger partial charge is 0.132 e. The van der Waals surface area contributed by atoms with Crippen molar-refractivity contribution in [1.82, 2.24) is 10.3 Å². The van der Waals surface area contributed by atoms with Crippen LogP contribution in [0.2, 0.25) is 0 Å². The molecule has 0 saturated heterocycles. The maximum absolute atomic E-state index is 13.7. The number of aromatic nitrogens is 1. The lowest BCUT2D eigenvalue weighted by Crippen LogP contribution is -2.17. The largest absolute Gasteiger partial charge is 0.361 e. The first-order chi connectivity index (χ1) is 8.22. The Morgan fingerprint density at radius 2 is 2.18 bits per heavy atom. The van der Waals surface area contributed by atoms with Crippen molar-refractivity contribution < 1.29 is 4.39 Å². The molecule has 1 heterocycles. The molecule has 1 unspecified atom stereocenters. The zero-order valence-corrected chi connectivity index (χ0v) is 10.1.